The number of hydrogen-bond donors (Lipinski definition) is 2. The lowest BCUT2D eigenvalue weighted by Gasteiger charge is -2.26. The number of rotatable bonds is 1. The zero-order valence-electron chi connectivity index (χ0n) is 10.5. The predicted octanol–water partition coefficient (Wildman–Crippen LogP) is 1.68. The van der Waals surface area contributed by atoms with Crippen molar-refractivity contribution in [3.63, 3.8) is 0 Å². The first-order chi connectivity index (χ1) is 9.19. The van der Waals surface area contributed by atoms with Gasteiger partial charge in [0.05, 0.1) is 28.8 Å². The van der Waals surface area contributed by atoms with E-state index in [1.165, 1.54) is 0 Å². The Bertz CT molecular complexity index is 700. The first-order valence-electron chi connectivity index (χ1n) is 6.51. The summed E-state index contributed by atoms with van der Waals surface area (Å²) in [4.78, 5) is 14.9. The standard InChI is InChI=1S/C14H15N3O2/c15-8-9-1-6-13-12(7-9)16-14(19)17(13)10-2-4-11(18)5-3-10/h1,6-7,10-11,18H,2-5H2,(H,16,19). The number of aromatic amines is 1. The Morgan fingerprint density at radius 1 is 1.32 bits per heavy atom. The molecule has 1 saturated carbocycles. The molecule has 1 heterocycles. The molecule has 2 aromatic rings. The fourth-order valence-electron chi connectivity index (χ4n) is 2.88. The number of nitrogens with zero attached hydrogens (tertiary/aromatic N) is 2. The Morgan fingerprint density at radius 3 is 2.74 bits per heavy atom. The number of aliphatic hydroxyl groups excluding tert-OH is 1. The number of H-pyrrole nitrogens is 1. The van der Waals surface area contributed by atoms with E-state index in [9.17, 15) is 9.90 Å². The van der Waals surface area contributed by atoms with Gasteiger partial charge in [-0.1, -0.05) is 0 Å². The number of fused-ring (bicyclic) bond motifs is 1. The minimum Gasteiger partial charge on any atom is -0.393 e. The highest BCUT2D eigenvalue weighted by Gasteiger charge is 2.23. The minimum absolute atomic E-state index is 0.133. The smallest absolute Gasteiger partial charge is 0.326 e. The summed E-state index contributed by atoms with van der Waals surface area (Å²) in [5.74, 6) is 0. The molecule has 0 aliphatic heterocycles. The van der Waals surface area contributed by atoms with Gasteiger partial charge in [-0.15, -0.1) is 0 Å². The molecular weight excluding hydrogens is 242 g/mol. The summed E-state index contributed by atoms with van der Waals surface area (Å²) in [5, 5.41) is 18.4. The molecule has 0 atom stereocenters. The van der Waals surface area contributed by atoms with Crippen LogP contribution in [-0.2, 0) is 0 Å². The Kier molecular flexibility index (Phi) is 2.88. The van der Waals surface area contributed by atoms with E-state index in [-0.39, 0.29) is 17.8 Å². The monoisotopic (exact) mass is 257 g/mol. The maximum absolute atomic E-state index is 12.1. The summed E-state index contributed by atoms with van der Waals surface area (Å²) in [7, 11) is 0. The zero-order valence-corrected chi connectivity index (χ0v) is 10.5. The van der Waals surface area contributed by atoms with E-state index in [2.05, 4.69) is 11.1 Å². The van der Waals surface area contributed by atoms with E-state index >= 15 is 0 Å². The molecule has 3 rings (SSSR count). The molecule has 0 unspecified atom stereocenters. The van der Waals surface area contributed by atoms with Gasteiger partial charge in [0.1, 0.15) is 0 Å². The molecule has 19 heavy (non-hydrogen) atoms. The van der Waals surface area contributed by atoms with E-state index in [1.807, 2.05) is 6.07 Å². The van der Waals surface area contributed by atoms with Crippen LogP contribution in [0.4, 0.5) is 0 Å². The van der Waals surface area contributed by atoms with Crippen molar-refractivity contribution in [3.05, 3.63) is 34.2 Å². The maximum atomic E-state index is 12.1. The van der Waals surface area contributed by atoms with Gasteiger partial charge in [0, 0.05) is 6.04 Å². The molecular formula is C14H15N3O2. The number of hydrogen-bond acceptors (Lipinski definition) is 3. The van der Waals surface area contributed by atoms with Gasteiger partial charge >= 0.3 is 5.69 Å². The van der Waals surface area contributed by atoms with Crippen molar-refractivity contribution in [1.29, 1.82) is 5.26 Å². The quantitative estimate of drug-likeness (QED) is 0.815. The molecule has 0 bridgehead atoms. The van der Waals surface area contributed by atoms with E-state index in [0.717, 1.165) is 31.2 Å². The summed E-state index contributed by atoms with van der Waals surface area (Å²) >= 11 is 0. The van der Waals surface area contributed by atoms with Crippen LogP contribution in [0, 0.1) is 11.3 Å². The summed E-state index contributed by atoms with van der Waals surface area (Å²) in [6.07, 6.45) is 2.87. The van der Waals surface area contributed by atoms with Crippen LogP contribution in [0.5, 0.6) is 0 Å². The van der Waals surface area contributed by atoms with Crippen LogP contribution in [0.15, 0.2) is 23.0 Å². The van der Waals surface area contributed by atoms with E-state index < -0.39 is 0 Å². The van der Waals surface area contributed by atoms with Crippen molar-refractivity contribution in [2.45, 2.75) is 37.8 Å². The molecule has 0 amide bonds. The third-order valence-electron chi connectivity index (χ3n) is 3.88. The lowest BCUT2D eigenvalue weighted by Crippen LogP contribution is -2.27. The fourth-order valence-corrected chi connectivity index (χ4v) is 2.88. The highest BCUT2D eigenvalue weighted by molar-refractivity contribution is 5.77. The topological polar surface area (TPSA) is 81.8 Å². The molecule has 1 aliphatic carbocycles. The summed E-state index contributed by atoms with van der Waals surface area (Å²) < 4.78 is 1.77. The van der Waals surface area contributed by atoms with Gasteiger partial charge in [-0.2, -0.15) is 5.26 Å². The molecule has 0 saturated heterocycles. The number of benzene rings is 1. The van der Waals surface area contributed by atoms with Crippen molar-refractivity contribution in [2.75, 3.05) is 0 Å². The van der Waals surface area contributed by atoms with E-state index in [4.69, 9.17) is 5.26 Å². The highest BCUT2D eigenvalue weighted by atomic mass is 16.3. The van der Waals surface area contributed by atoms with Crippen LogP contribution < -0.4 is 5.69 Å². The third-order valence-corrected chi connectivity index (χ3v) is 3.88. The third kappa shape index (κ3) is 2.04. The molecule has 98 valence electrons. The normalized spacial score (nSPS) is 23.4. The van der Waals surface area contributed by atoms with Gasteiger partial charge in [0.2, 0.25) is 0 Å². The van der Waals surface area contributed by atoms with Crippen molar-refractivity contribution in [1.82, 2.24) is 9.55 Å². The molecule has 1 aromatic carbocycles. The van der Waals surface area contributed by atoms with Gasteiger partial charge in [-0.05, 0) is 43.9 Å². The van der Waals surface area contributed by atoms with Gasteiger partial charge in [-0.25, -0.2) is 4.79 Å². The fraction of sp³-hybridized carbons (Fsp3) is 0.429. The van der Waals surface area contributed by atoms with Crippen LogP contribution in [0.25, 0.3) is 11.0 Å². The number of aliphatic hydroxyl groups is 1. The Balaban J connectivity index is 2.06. The first kappa shape index (κ1) is 12.0. The number of nitrogens with one attached hydrogen (secondary N) is 1. The Hall–Kier alpha value is -2.06. The van der Waals surface area contributed by atoms with Crippen LogP contribution in [0.3, 0.4) is 0 Å². The largest absolute Gasteiger partial charge is 0.393 e. The second kappa shape index (κ2) is 4.56. The summed E-state index contributed by atoms with van der Waals surface area (Å²) in [6, 6.07) is 7.45. The minimum atomic E-state index is -0.234. The number of imidazole rings is 1. The van der Waals surface area contributed by atoms with E-state index in [0.29, 0.717) is 11.1 Å². The zero-order chi connectivity index (χ0) is 13.4. The van der Waals surface area contributed by atoms with Crippen molar-refractivity contribution in [3.8, 4) is 6.07 Å². The second-order valence-corrected chi connectivity index (χ2v) is 5.11. The lowest BCUT2D eigenvalue weighted by molar-refractivity contribution is 0.111. The number of aromatic nitrogens is 2. The SMILES string of the molecule is N#Cc1ccc2c(c1)[nH]c(=O)n2C1CCC(O)CC1. The molecule has 5 nitrogen and oxygen atoms in total. The Morgan fingerprint density at radius 2 is 2.05 bits per heavy atom. The Labute approximate surface area is 110 Å². The van der Waals surface area contributed by atoms with Gasteiger partial charge in [0.25, 0.3) is 0 Å². The molecule has 1 aliphatic rings. The van der Waals surface area contributed by atoms with Crippen LogP contribution in [0.1, 0.15) is 37.3 Å². The van der Waals surface area contributed by atoms with E-state index in [1.54, 1.807) is 16.7 Å². The van der Waals surface area contributed by atoms with Crippen LogP contribution in [-0.4, -0.2) is 20.8 Å². The summed E-state index contributed by atoms with van der Waals surface area (Å²) in [6.45, 7) is 0. The maximum Gasteiger partial charge on any atom is 0.326 e. The van der Waals surface area contributed by atoms with Gasteiger partial charge < -0.3 is 10.1 Å². The highest BCUT2D eigenvalue weighted by Crippen LogP contribution is 2.29. The molecule has 0 radical (unpaired) electrons. The molecule has 1 aromatic heterocycles. The molecule has 0 spiro atoms. The number of nitriles is 1. The second-order valence-electron chi connectivity index (χ2n) is 5.11. The van der Waals surface area contributed by atoms with Crippen molar-refractivity contribution < 1.29 is 5.11 Å². The van der Waals surface area contributed by atoms with Crippen molar-refractivity contribution in [2.24, 2.45) is 0 Å². The first-order valence-corrected chi connectivity index (χ1v) is 6.51. The van der Waals surface area contributed by atoms with Crippen LogP contribution >= 0.6 is 0 Å². The average molecular weight is 257 g/mol. The summed E-state index contributed by atoms with van der Waals surface area (Å²) in [5.41, 5.74) is 1.95. The lowest BCUT2D eigenvalue weighted by atomic mass is 9.93. The molecule has 2 N–H and O–H groups in total. The van der Waals surface area contributed by atoms with Gasteiger partial charge in [0.15, 0.2) is 0 Å². The molecule has 1 fully saturated rings. The average Bonchev–Trinajstić information content (AvgIpc) is 2.74. The van der Waals surface area contributed by atoms with Crippen molar-refractivity contribution >= 4 is 11.0 Å². The predicted molar refractivity (Wildman–Crippen MR) is 70.8 cm³/mol. The molecule has 5 heteroatoms. The van der Waals surface area contributed by atoms with Gasteiger partial charge in [-0.3, -0.25) is 4.57 Å². The van der Waals surface area contributed by atoms with Crippen LogP contribution in [0.2, 0.25) is 0 Å².